The van der Waals surface area contributed by atoms with E-state index >= 15 is 0 Å². The minimum atomic E-state index is -0.460. The molecule has 1 atom stereocenters. The van der Waals surface area contributed by atoms with Crippen molar-refractivity contribution in [1.82, 2.24) is 4.90 Å². The van der Waals surface area contributed by atoms with Crippen LogP contribution in [0, 0.1) is 0 Å². The molecule has 0 radical (unpaired) electrons. The molecule has 1 aliphatic rings. The Balaban J connectivity index is 2.16. The molecule has 2 rings (SSSR count). The summed E-state index contributed by atoms with van der Waals surface area (Å²) in [6, 6.07) is 3.76. The van der Waals surface area contributed by atoms with Gasteiger partial charge in [0, 0.05) is 18.2 Å². The Morgan fingerprint density at radius 1 is 1.37 bits per heavy atom. The van der Waals surface area contributed by atoms with E-state index in [4.69, 9.17) is 22.7 Å². The van der Waals surface area contributed by atoms with Crippen molar-refractivity contribution < 1.29 is 19.7 Å². The summed E-state index contributed by atoms with van der Waals surface area (Å²) in [7, 11) is 0. The minimum absolute atomic E-state index is 0.164. The number of morpholine rings is 1. The number of benzene rings is 1. The molecule has 1 amide bonds. The Morgan fingerprint density at radius 2 is 2.00 bits per heavy atom. The van der Waals surface area contributed by atoms with Crippen LogP contribution >= 0.6 is 12.2 Å². The van der Waals surface area contributed by atoms with Crippen LogP contribution in [0.15, 0.2) is 18.2 Å². The van der Waals surface area contributed by atoms with Gasteiger partial charge in [-0.05, 0) is 12.1 Å². The second-order valence-corrected chi connectivity index (χ2v) is 4.72. The fraction of sp³-hybridized carbons (Fsp3) is 0.333. The normalized spacial score (nSPS) is 19.2. The summed E-state index contributed by atoms with van der Waals surface area (Å²) in [5.41, 5.74) is 5.71. The number of hydrogen-bond acceptors (Lipinski definition) is 5. The molecule has 102 valence electrons. The SMILES string of the molecule is NC(=S)C1CN(C(=O)c2cc(O)cc(O)c2)CCO1. The van der Waals surface area contributed by atoms with E-state index in [1.807, 2.05) is 0 Å². The zero-order valence-electron chi connectivity index (χ0n) is 10.1. The molecule has 1 unspecified atom stereocenters. The van der Waals surface area contributed by atoms with Crippen molar-refractivity contribution >= 4 is 23.1 Å². The molecule has 1 aliphatic heterocycles. The molecule has 1 heterocycles. The molecule has 0 saturated carbocycles. The van der Waals surface area contributed by atoms with Gasteiger partial charge in [0.1, 0.15) is 22.6 Å². The van der Waals surface area contributed by atoms with Gasteiger partial charge < -0.3 is 25.6 Å². The Bertz CT molecular complexity index is 500. The number of rotatable bonds is 2. The van der Waals surface area contributed by atoms with Gasteiger partial charge in [-0.1, -0.05) is 12.2 Å². The molecule has 1 saturated heterocycles. The van der Waals surface area contributed by atoms with E-state index in [0.717, 1.165) is 6.07 Å². The molecular formula is C12H14N2O4S. The van der Waals surface area contributed by atoms with E-state index in [1.54, 1.807) is 0 Å². The van der Waals surface area contributed by atoms with E-state index in [1.165, 1.54) is 17.0 Å². The number of phenolic OH excluding ortho intramolecular Hbond substituents is 2. The highest BCUT2D eigenvalue weighted by Gasteiger charge is 2.26. The summed E-state index contributed by atoms with van der Waals surface area (Å²) in [5.74, 6) is -0.638. The number of carbonyl (C=O) groups is 1. The van der Waals surface area contributed by atoms with Gasteiger partial charge in [-0.3, -0.25) is 4.79 Å². The monoisotopic (exact) mass is 282 g/mol. The highest BCUT2D eigenvalue weighted by molar-refractivity contribution is 7.80. The van der Waals surface area contributed by atoms with Gasteiger partial charge in [0.2, 0.25) is 0 Å². The van der Waals surface area contributed by atoms with Gasteiger partial charge in [-0.25, -0.2) is 0 Å². The average molecular weight is 282 g/mol. The van der Waals surface area contributed by atoms with Crippen molar-refractivity contribution in [2.24, 2.45) is 5.73 Å². The lowest BCUT2D eigenvalue weighted by atomic mass is 10.1. The van der Waals surface area contributed by atoms with Crippen molar-refractivity contribution in [1.29, 1.82) is 0 Å². The standard InChI is InChI=1S/C12H14N2O4S/c13-11(19)10-6-14(1-2-18-10)12(17)7-3-8(15)5-9(16)4-7/h3-5,10,15-16H,1-2,6H2,(H2,13,19). The van der Waals surface area contributed by atoms with E-state index in [2.05, 4.69) is 0 Å². The number of phenols is 2. The number of thiocarbonyl (C=S) groups is 1. The zero-order valence-corrected chi connectivity index (χ0v) is 10.9. The van der Waals surface area contributed by atoms with Crippen LogP contribution in [0.4, 0.5) is 0 Å². The molecule has 6 nitrogen and oxygen atoms in total. The number of nitrogens with zero attached hydrogens (tertiary/aromatic N) is 1. The topological polar surface area (TPSA) is 96.0 Å². The van der Waals surface area contributed by atoms with Crippen molar-refractivity contribution in [3.8, 4) is 11.5 Å². The minimum Gasteiger partial charge on any atom is -0.508 e. The van der Waals surface area contributed by atoms with Crippen LogP contribution in [-0.4, -0.2) is 51.8 Å². The Kier molecular flexibility index (Phi) is 3.87. The number of aromatic hydroxyl groups is 2. The summed E-state index contributed by atoms with van der Waals surface area (Å²) in [5, 5.41) is 18.8. The molecule has 0 aromatic heterocycles. The maximum absolute atomic E-state index is 12.2. The first-order valence-electron chi connectivity index (χ1n) is 5.70. The van der Waals surface area contributed by atoms with Crippen LogP contribution in [0.25, 0.3) is 0 Å². The van der Waals surface area contributed by atoms with Crippen molar-refractivity contribution in [2.45, 2.75) is 6.10 Å². The fourth-order valence-corrected chi connectivity index (χ4v) is 2.05. The van der Waals surface area contributed by atoms with Gasteiger partial charge in [-0.15, -0.1) is 0 Å². The molecule has 1 aromatic carbocycles. The van der Waals surface area contributed by atoms with Gasteiger partial charge in [0.15, 0.2) is 0 Å². The highest BCUT2D eigenvalue weighted by Crippen LogP contribution is 2.22. The third-order valence-corrected chi connectivity index (χ3v) is 3.08. The van der Waals surface area contributed by atoms with E-state index in [9.17, 15) is 15.0 Å². The van der Waals surface area contributed by atoms with Gasteiger partial charge >= 0.3 is 0 Å². The average Bonchev–Trinajstić information content (AvgIpc) is 2.37. The van der Waals surface area contributed by atoms with Crippen LogP contribution in [0.2, 0.25) is 0 Å². The predicted molar refractivity (Wildman–Crippen MR) is 72.2 cm³/mol. The largest absolute Gasteiger partial charge is 0.508 e. The van der Waals surface area contributed by atoms with Crippen LogP contribution in [0.1, 0.15) is 10.4 Å². The molecular weight excluding hydrogens is 268 g/mol. The lowest BCUT2D eigenvalue weighted by molar-refractivity contribution is 0.00876. The van der Waals surface area contributed by atoms with Crippen molar-refractivity contribution in [3.05, 3.63) is 23.8 Å². The predicted octanol–water partition coefficient (Wildman–Crippen LogP) is 0.225. The number of nitrogens with two attached hydrogens (primary N) is 1. The van der Waals surface area contributed by atoms with Gasteiger partial charge in [0.05, 0.1) is 13.2 Å². The Hall–Kier alpha value is -1.86. The molecule has 0 spiro atoms. The van der Waals surface area contributed by atoms with Gasteiger partial charge in [0.25, 0.3) is 5.91 Å². The number of ether oxygens (including phenoxy) is 1. The molecule has 1 fully saturated rings. The summed E-state index contributed by atoms with van der Waals surface area (Å²) in [6.45, 7) is 1.03. The molecule has 4 N–H and O–H groups in total. The lowest BCUT2D eigenvalue weighted by Gasteiger charge is -2.32. The highest BCUT2D eigenvalue weighted by atomic mass is 32.1. The number of carbonyl (C=O) groups excluding carboxylic acids is 1. The quantitative estimate of drug-likeness (QED) is 0.672. The van der Waals surface area contributed by atoms with E-state index < -0.39 is 6.10 Å². The smallest absolute Gasteiger partial charge is 0.254 e. The van der Waals surface area contributed by atoms with Gasteiger partial charge in [-0.2, -0.15) is 0 Å². The maximum atomic E-state index is 12.2. The van der Waals surface area contributed by atoms with E-state index in [-0.39, 0.29) is 34.5 Å². The fourth-order valence-electron chi connectivity index (χ4n) is 1.91. The van der Waals surface area contributed by atoms with Crippen molar-refractivity contribution in [2.75, 3.05) is 19.7 Å². The second kappa shape index (κ2) is 5.41. The first-order valence-corrected chi connectivity index (χ1v) is 6.11. The molecule has 1 aromatic rings. The van der Waals surface area contributed by atoms with E-state index in [0.29, 0.717) is 13.2 Å². The molecule has 19 heavy (non-hydrogen) atoms. The van der Waals surface area contributed by atoms with Crippen LogP contribution in [-0.2, 0) is 4.74 Å². The third kappa shape index (κ3) is 3.12. The molecule has 7 heteroatoms. The first-order chi connectivity index (χ1) is 8.97. The molecule has 0 aliphatic carbocycles. The lowest BCUT2D eigenvalue weighted by Crippen LogP contribution is -2.49. The Morgan fingerprint density at radius 3 is 2.58 bits per heavy atom. The maximum Gasteiger partial charge on any atom is 0.254 e. The Labute approximate surface area is 115 Å². The van der Waals surface area contributed by atoms with Crippen molar-refractivity contribution in [3.63, 3.8) is 0 Å². The van der Waals surface area contributed by atoms with Crippen LogP contribution in [0.3, 0.4) is 0 Å². The summed E-state index contributed by atoms with van der Waals surface area (Å²) in [6.07, 6.45) is -0.460. The molecule has 0 bridgehead atoms. The first kappa shape index (κ1) is 13.6. The summed E-state index contributed by atoms with van der Waals surface area (Å²) >= 11 is 4.85. The second-order valence-electron chi connectivity index (χ2n) is 4.25. The summed E-state index contributed by atoms with van der Waals surface area (Å²) in [4.78, 5) is 14.0. The number of hydrogen-bond donors (Lipinski definition) is 3. The third-order valence-electron chi connectivity index (χ3n) is 2.82. The number of amides is 1. The zero-order chi connectivity index (χ0) is 14.0. The van der Waals surface area contributed by atoms with Crippen LogP contribution < -0.4 is 5.73 Å². The van der Waals surface area contributed by atoms with Crippen LogP contribution in [0.5, 0.6) is 11.5 Å². The summed E-state index contributed by atoms with van der Waals surface area (Å²) < 4.78 is 5.34.